The molecule has 0 spiro atoms. The summed E-state index contributed by atoms with van der Waals surface area (Å²) in [6.45, 7) is 22.5. The van der Waals surface area contributed by atoms with E-state index < -0.39 is 11.9 Å². The Morgan fingerprint density at radius 2 is 0.792 bits per heavy atom. The Balaban J connectivity index is 2.28. The third-order valence-electron chi connectivity index (χ3n) is 6.95. The molecular formula is C40H54O8. The highest BCUT2D eigenvalue weighted by Crippen LogP contribution is 2.40. The second kappa shape index (κ2) is 18.4. The van der Waals surface area contributed by atoms with Gasteiger partial charge < -0.3 is 28.4 Å². The van der Waals surface area contributed by atoms with E-state index >= 15 is 0 Å². The number of esters is 2. The van der Waals surface area contributed by atoms with Crippen LogP contribution >= 0.6 is 0 Å². The Kier molecular flexibility index (Phi) is 14.6. The maximum Gasteiger partial charge on any atom is 0.338 e. The van der Waals surface area contributed by atoms with E-state index in [-0.39, 0.29) is 25.0 Å². The molecule has 48 heavy (non-hydrogen) atoms. The highest BCUT2D eigenvalue weighted by molar-refractivity contribution is 6.05. The summed E-state index contributed by atoms with van der Waals surface area (Å²) in [5.74, 6) is 2.54. The first-order valence-electron chi connectivity index (χ1n) is 17.2. The van der Waals surface area contributed by atoms with Crippen LogP contribution in [0.4, 0.5) is 0 Å². The van der Waals surface area contributed by atoms with Crippen LogP contribution in [0.2, 0.25) is 0 Å². The van der Waals surface area contributed by atoms with Gasteiger partial charge in [-0.15, -0.1) is 0 Å². The molecule has 0 bridgehead atoms. The van der Waals surface area contributed by atoms with E-state index in [0.29, 0.717) is 94.6 Å². The summed E-state index contributed by atoms with van der Waals surface area (Å²) in [6, 6.07) is 14.5. The molecule has 0 amide bonds. The molecule has 0 saturated heterocycles. The topological polar surface area (TPSA) is 89.5 Å². The van der Waals surface area contributed by atoms with Crippen LogP contribution in [0.15, 0.2) is 48.5 Å². The number of ether oxygens (including phenoxy) is 6. The van der Waals surface area contributed by atoms with Crippen molar-refractivity contribution in [3.8, 4) is 45.3 Å². The lowest BCUT2D eigenvalue weighted by molar-refractivity contribution is 0.0513. The Morgan fingerprint density at radius 1 is 0.479 bits per heavy atom. The van der Waals surface area contributed by atoms with Crippen LogP contribution in [-0.4, -0.2) is 51.6 Å². The molecule has 0 aliphatic rings. The molecule has 0 unspecified atom stereocenters. The first-order chi connectivity index (χ1) is 22.8. The molecule has 0 aliphatic carbocycles. The second-order valence-corrected chi connectivity index (χ2v) is 13.5. The standard InChI is InChI=1S/C40H54O8/c1-11-43-39(41)33-19-32(30-14-16-36(46-22-26(5)6)38(18-30)48-24-28(9)10)34(40(42)44-12-2)20-31(33)29-13-15-35(45-21-25(3)4)37(17-29)47-23-27(7)8/h13-20,25-28H,11-12,21-24H2,1-10H3. The van der Waals surface area contributed by atoms with Gasteiger partial charge in [0.05, 0.1) is 50.8 Å². The molecule has 3 aromatic carbocycles. The fourth-order valence-electron chi connectivity index (χ4n) is 4.67. The van der Waals surface area contributed by atoms with Crippen molar-refractivity contribution in [1.29, 1.82) is 0 Å². The molecular weight excluding hydrogens is 608 g/mol. The number of benzene rings is 3. The van der Waals surface area contributed by atoms with E-state index in [1.54, 1.807) is 26.0 Å². The number of carbonyl (C=O) groups is 2. The van der Waals surface area contributed by atoms with Crippen LogP contribution in [0.1, 0.15) is 90.0 Å². The second-order valence-electron chi connectivity index (χ2n) is 13.5. The van der Waals surface area contributed by atoms with Crippen LogP contribution in [-0.2, 0) is 9.47 Å². The van der Waals surface area contributed by atoms with E-state index in [9.17, 15) is 9.59 Å². The fourth-order valence-corrected chi connectivity index (χ4v) is 4.67. The number of hydrogen-bond donors (Lipinski definition) is 0. The summed E-state index contributed by atoms with van der Waals surface area (Å²) in [5.41, 5.74) is 2.97. The lowest BCUT2D eigenvalue weighted by atomic mass is 9.90. The largest absolute Gasteiger partial charge is 0.489 e. The Hall–Kier alpha value is -4.20. The van der Waals surface area contributed by atoms with Gasteiger partial charge in [-0.2, -0.15) is 0 Å². The summed E-state index contributed by atoms with van der Waals surface area (Å²) in [6.07, 6.45) is 0. The molecule has 0 radical (unpaired) electrons. The van der Waals surface area contributed by atoms with Crippen molar-refractivity contribution in [3.05, 3.63) is 59.7 Å². The van der Waals surface area contributed by atoms with Gasteiger partial charge in [-0.3, -0.25) is 0 Å². The maximum atomic E-state index is 13.6. The molecule has 262 valence electrons. The molecule has 0 N–H and O–H groups in total. The van der Waals surface area contributed by atoms with Crippen molar-refractivity contribution in [2.24, 2.45) is 23.7 Å². The van der Waals surface area contributed by atoms with Crippen LogP contribution < -0.4 is 18.9 Å². The smallest absolute Gasteiger partial charge is 0.338 e. The summed E-state index contributed by atoms with van der Waals surface area (Å²) in [5, 5.41) is 0. The summed E-state index contributed by atoms with van der Waals surface area (Å²) in [7, 11) is 0. The van der Waals surface area contributed by atoms with Gasteiger partial charge in [0.2, 0.25) is 0 Å². The third-order valence-corrected chi connectivity index (χ3v) is 6.95. The molecule has 3 rings (SSSR count). The first kappa shape index (κ1) is 38.2. The zero-order valence-corrected chi connectivity index (χ0v) is 30.4. The zero-order valence-electron chi connectivity index (χ0n) is 30.4. The minimum absolute atomic E-state index is 0.188. The average Bonchev–Trinajstić information content (AvgIpc) is 3.04. The Morgan fingerprint density at radius 3 is 1.08 bits per heavy atom. The number of rotatable bonds is 18. The first-order valence-corrected chi connectivity index (χ1v) is 17.2. The van der Waals surface area contributed by atoms with Gasteiger partial charge in [0.25, 0.3) is 0 Å². The number of hydrogen-bond acceptors (Lipinski definition) is 8. The minimum atomic E-state index is -0.512. The third kappa shape index (κ3) is 10.9. The van der Waals surface area contributed by atoms with Crippen molar-refractivity contribution >= 4 is 11.9 Å². The van der Waals surface area contributed by atoms with Crippen molar-refractivity contribution in [2.75, 3.05) is 39.6 Å². The molecule has 0 heterocycles. The maximum absolute atomic E-state index is 13.6. The Bertz CT molecular complexity index is 1390. The molecule has 3 aromatic rings. The molecule has 0 aromatic heterocycles. The van der Waals surface area contributed by atoms with E-state index in [1.165, 1.54) is 0 Å². The van der Waals surface area contributed by atoms with Gasteiger partial charge in [0.15, 0.2) is 23.0 Å². The highest BCUT2D eigenvalue weighted by atomic mass is 16.5. The predicted molar refractivity (Wildman–Crippen MR) is 191 cm³/mol. The lowest BCUT2D eigenvalue weighted by Crippen LogP contribution is -2.12. The van der Waals surface area contributed by atoms with Crippen LogP contribution in [0.3, 0.4) is 0 Å². The molecule has 0 atom stereocenters. The quantitative estimate of drug-likeness (QED) is 0.124. The van der Waals surface area contributed by atoms with Crippen LogP contribution in [0, 0.1) is 23.7 Å². The van der Waals surface area contributed by atoms with Gasteiger partial charge in [0, 0.05) is 0 Å². The monoisotopic (exact) mass is 662 g/mol. The average molecular weight is 663 g/mol. The molecule has 8 nitrogen and oxygen atoms in total. The summed E-state index contributed by atoms with van der Waals surface area (Å²) in [4.78, 5) is 27.2. The van der Waals surface area contributed by atoms with Gasteiger partial charge in [-0.05, 0) is 96.2 Å². The van der Waals surface area contributed by atoms with Gasteiger partial charge >= 0.3 is 11.9 Å². The van der Waals surface area contributed by atoms with E-state index in [4.69, 9.17) is 28.4 Å². The van der Waals surface area contributed by atoms with Gasteiger partial charge in [-0.25, -0.2) is 9.59 Å². The normalized spacial score (nSPS) is 11.3. The Labute approximate surface area is 287 Å². The van der Waals surface area contributed by atoms with Crippen molar-refractivity contribution in [3.63, 3.8) is 0 Å². The lowest BCUT2D eigenvalue weighted by Gasteiger charge is -2.20. The van der Waals surface area contributed by atoms with Crippen molar-refractivity contribution < 1.29 is 38.0 Å². The van der Waals surface area contributed by atoms with E-state index in [1.807, 2.05) is 36.4 Å². The summed E-state index contributed by atoms with van der Waals surface area (Å²) >= 11 is 0. The minimum Gasteiger partial charge on any atom is -0.489 e. The van der Waals surface area contributed by atoms with Crippen molar-refractivity contribution in [2.45, 2.75) is 69.2 Å². The predicted octanol–water partition coefficient (Wildman–Crippen LogP) is 9.51. The molecule has 0 fully saturated rings. The number of carbonyl (C=O) groups excluding carboxylic acids is 2. The SMILES string of the molecule is CCOC(=O)c1cc(-c2ccc(OCC(C)C)c(OCC(C)C)c2)c(C(=O)OCC)cc1-c1ccc(OCC(C)C)c(OCC(C)C)c1. The fraction of sp³-hybridized carbons (Fsp3) is 0.500. The van der Waals surface area contributed by atoms with E-state index in [2.05, 4.69) is 55.4 Å². The van der Waals surface area contributed by atoms with Crippen LogP contribution in [0.25, 0.3) is 22.3 Å². The van der Waals surface area contributed by atoms with E-state index in [0.717, 1.165) is 0 Å². The zero-order chi connectivity index (χ0) is 35.4. The molecule has 0 aliphatic heterocycles. The molecule has 8 heteroatoms. The van der Waals surface area contributed by atoms with Gasteiger partial charge in [0.1, 0.15) is 0 Å². The van der Waals surface area contributed by atoms with Crippen LogP contribution in [0.5, 0.6) is 23.0 Å². The summed E-state index contributed by atoms with van der Waals surface area (Å²) < 4.78 is 35.6. The highest BCUT2D eigenvalue weighted by Gasteiger charge is 2.25. The van der Waals surface area contributed by atoms with Crippen molar-refractivity contribution in [1.82, 2.24) is 0 Å². The molecule has 0 saturated carbocycles. The van der Waals surface area contributed by atoms with Gasteiger partial charge in [-0.1, -0.05) is 67.5 Å².